The molecule has 4 heteroatoms. The number of hydrogen-bond donors (Lipinski definition) is 1. The first-order valence-electron chi connectivity index (χ1n) is 7.44. The van der Waals surface area contributed by atoms with Gasteiger partial charge in [-0.15, -0.1) is 0 Å². The molecule has 0 aromatic heterocycles. The monoisotopic (exact) mass is 327 g/mol. The third-order valence-electron chi connectivity index (χ3n) is 4.13. The van der Waals surface area contributed by atoms with Crippen molar-refractivity contribution in [2.45, 2.75) is 26.3 Å². The van der Waals surface area contributed by atoms with Crippen molar-refractivity contribution in [1.82, 2.24) is 0 Å². The predicted molar refractivity (Wildman–Crippen MR) is 94.2 cm³/mol. The lowest BCUT2D eigenvalue weighted by molar-refractivity contribution is 0.0735. The van der Waals surface area contributed by atoms with E-state index in [1.54, 1.807) is 30.3 Å². The molecular formula is C19H18ClNO2. The van der Waals surface area contributed by atoms with Crippen LogP contribution in [-0.4, -0.2) is 11.5 Å². The number of ether oxygens (including phenoxy) is 1. The first kappa shape index (κ1) is 15.6. The fraction of sp³-hybridized carbons (Fsp3) is 0.211. The fourth-order valence-electron chi connectivity index (χ4n) is 2.48. The van der Waals surface area contributed by atoms with Crippen LogP contribution in [0.25, 0.3) is 6.08 Å². The molecule has 0 unspecified atom stereocenters. The minimum Gasteiger partial charge on any atom is -0.423 e. The van der Waals surface area contributed by atoms with E-state index in [1.165, 1.54) is 5.57 Å². The van der Waals surface area contributed by atoms with Crippen LogP contribution in [0.5, 0.6) is 5.75 Å². The van der Waals surface area contributed by atoms with E-state index in [2.05, 4.69) is 32.2 Å². The molecule has 1 aliphatic rings. The van der Waals surface area contributed by atoms with Crippen molar-refractivity contribution in [2.24, 2.45) is 0 Å². The Balaban J connectivity index is 1.87. The van der Waals surface area contributed by atoms with E-state index in [4.69, 9.17) is 16.3 Å². The summed E-state index contributed by atoms with van der Waals surface area (Å²) in [7, 11) is 0. The Morgan fingerprint density at radius 3 is 2.65 bits per heavy atom. The highest BCUT2D eigenvalue weighted by Gasteiger charge is 2.25. The number of benzene rings is 2. The van der Waals surface area contributed by atoms with Crippen LogP contribution in [0.2, 0.25) is 5.02 Å². The SMILES string of the molecule is CC1=Cc2cc(OC(=O)c3ccccc3Cl)ccc2NC1(C)C. The Bertz CT molecular complexity index is 809. The highest BCUT2D eigenvalue weighted by molar-refractivity contribution is 6.33. The van der Waals surface area contributed by atoms with Gasteiger partial charge in [0.2, 0.25) is 0 Å². The maximum Gasteiger partial charge on any atom is 0.345 e. The Morgan fingerprint density at radius 2 is 1.91 bits per heavy atom. The number of halogens is 1. The Hall–Kier alpha value is -2.26. The Morgan fingerprint density at radius 1 is 1.17 bits per heavy atom. The molecule has 3 nitrogen and oxygen atoms in total. The number of carbonyl (C=O) groups excluding carboxylic acids is 1. The molecule has 1 heterocycles. The summed E-state index contributed by atoms with van der Waals surface area (Å²) in [6, 6.07) is 12.4. The van der Waals surface area contributed by atoms with Crippen LogP contribution in [0, 0.1) is 0 Å². The summed E-state index contributed by atoms with van der Waals surface area (Å²) in [5.41, 5.74) is 3.53. The number of rotatable bonds is 2. The van der Waals surface area contributed by atoms with Crippen LogP contribution in [0.1, 0.15) is 36.7 Å². The second-order valence-corrected chi connectivity index (χ2v) is 6.60. The number of carbonyl (C=O) groups is 1. The molecule has 0 spiro atoms. The maximum atomic E-state index is 12.2. The molecule has 118 valence electrons. The second-order valence-electron chi connectivity index (χ2n) is 6.20. The minimum atomic E-state index is -0.458. The highest BCUT2D eigenvalue weighted by Crippen LogP contribution is 2.35. The summed E-state index contributed by atoms with van der Waals surface area (Å²) in [4.78, 5) is 12.2. The number of nitrogens with one attached hydrogen (secondary N) is 1. The molecule has 0 bridgehead atoms. The molecule has 3 rings (SSSR count). The zero-order valence-electron chi connectivity index (χ0n) is 13.3. The average Bonchev–Trinajstić information content (AvgIpc) is 2.49. The first-order valence-corrected chi connectivity index (χ1v) is 7.82. The molecule has 2 aromatic carbocycles. The number of anilines is 1. The van der Waals surface area contributed by atoms with Gasteiger partial charge in [-0.3, -0.25) is 0 Å². The topological polar surface area (TPSA) is 38.3 Å². The van der Waals surface area contributed by atoms with Crippen LogP contribution in [0.4, 0.5) is 5.69 Å². The van der Waals surface area contributed by atoms with Gasteiger partial charge in [0.1, 0.15) is 5.75 Å². The van der Waals surface area contributed by atoms with E-state index in [-0.39, 0.29) is 5.54 Å². The van der Waals surface area contributed by atoms with Crippen LogP contribution >= 0.6 is 11.6 Å². The summed E-state index contributed by atoms with van der Waals surface area (Å²) in [6.07, 6.45) is 2.11. The molecule has 23 heavy (non-hydrogen) atoms. The molecule has 0 atom stereocenters. The first-order chi connectivity index (χ1) is 10.9. The third kappa shape index (κ3) is 3.10. The molecule has 0 fully saturated rings. The number of hydrogen-bond acceptors (Lipinski definition) is 3. The standard InChI is InChI=1S/C19H18ClNO2/c1-12-10-13-11-14(8-9-17(13)21-19(12,2)3)23-18(22)15-6-4-5-7-16(15)20/h4-11,21H,1-3H3. The van der Waals surface area contributed by atoms with Gasteiger partial charge >= 0.3 is 5.97 Å². The zero-order valence-corrected chi connectivity index (χ0v) is 14.1. The molecule has 0 amide bonds. The maximum absolute atomic E-state index is 12.2. The summed E-state index contributed by atoms with van der Waals surface area (Å²) in [5, 5.41) is 3.86. The summed E-state index contributed by atoms with van der Waals surface area (Å²) in [6.45, 7) is 6.35. The van der Waals surface area contributed by atoms with Gasteiger partial charge in [0.15, 0.2) is 0 Å². The zero-order chi connectivity index (χ0) is 16.6. The normalized spacial score (nSPS) is 15.2. The molecular weight excluding hydrogens is 310 g/mol. The molecule has 0 saturated heterocycles. The van der Waals surface area contributed by atoms with E-state index in [0.717, 1.165) is 11.3 Å². The van der Waals surface area contributed by atoms with Crippen molar-refractivity contribution in [3.8, 4) is 5.75 Å². The van der Waals surface area contributed by atoms with Crippen LogP contribution < -0.4 is 10.1 Å². The Kier molecular flexibility index (Phi) is 3.90. The molecule has 2 aromatic rings. The van der Waals surface area contributed by atoms with Gasteiger partial charge in [-0.05, 0) is 56.7 Å². The molecule has 0 aliphatic carbocycles. The quantitative estimate of drug-likeness (QED) is 0.611. The van der Waals surface area contributed by atoms with Crippen molar-refractivity contribution in [3.05, 3.63) is 64.2 Å². The van der Waals surface area contributed by atoms with Crippen molar-refractivity contribution in [3.63, 3.8) is 0 Å². The van der Waals surface area contributed by atoms with E-state index < -0.39 is 5.97 Å². The average molecular weight is 328 g/mol. The van der Waals surface area contributed by atoms with Crippen LogP contribution in [-0.2, 0) is 0 Å². The van der Waals surface area contributed by atoms with E-state index >= 15 is 0 Å². The van der Waals surface area contributed by atoms with Crippen LogP contribution in [0.15, 0.2) is 48.0 Å². The number of fused-ring (bicyclic) bond motifs is 1. The van der Waals surface area contributed by atoms with Crippen molar-refractivity contribution in [2.75, 3.05) is 5.32 Å². The van der Waals surface area contributed by atoms with Crippen LogP contribution in [0.3, 0.4) is 0 Å². The molecule has 1 N–H and O–H groups in total. The van der Waals surface area contributed by atoms with Gasteiger partial charge in [-0.25, -0.2) is 4.79 Å². The predicted octanol–water partition coefficient (Wildman–Crippen LogP) is 5.17. The van der Waals surface area contributed by atoms with Gasteiger partial charge in [0.25, 0.3) is 0 Å². The Labute approximate surface area is 140 Å². The fourth-order valence-corrected chi connectivity index (χ4v) is 2.69. The van der Waals surface area contributed by atoms with Gasteiger partial charge < -0.3 is 10.1 Å². The molecule has 1 aliphatic heterocycles. The second kappa shape index (κ2) is 5.74. The summed E-state index contributed by atoms with van der Waals surface area (Å²) >= 11 is 6.03. The van der Waals surface area contributed by atoms with Crippen molar-refractivity contribution in [1.29, 1.82) is 0 Å². The third-order valence-corrected chi connectivity index (χ3v) is 4.46. The summed E-state index contributed by atoms with van der Waals surface area (Å²) < 4.78 is 5.45. The van der Waals surface area contributed by atoms with E-state index in [9.17, 15) is 4.79 Å². The van der Waals surface area contributed by atoms with Gasteiger partial charge in [0.05, 0.1) is 16.1 Å². The van der Waals surface area contributed by atoms with Gasteiger partial charge in [-0.1, -0.05) is 29.8 Å². The largest absolute Gasteiger partial charge is 0.423 e. The number of esters is 1. The van der Waals surface area contributed by atoms with Crippen molar-refractivity contribution >= 4 is 29.3 Å². The molecule has 0 saturated carbocycles. The highest BCUT2D eigenvalue weighted by atomic mass is 35.5. The lowest BCUT2D eigenvalue weighted by Gasteiger charge is -2.33. The van der Waals surface area contributed by atoms with E-state index in [1.807, 2.05) is 12.1 Å². The van der Waals surface area contributed by atoms with Gasteiger partial charge in [0, 0.05) is 11.3 Å². The summed E-state index contributed by atoms with van der Waals surface area (Å²) in [5.74, 6) is 0.0413. The molecule has 0 radical (unpaired) electrons. The lowest BCUT2D eigenvalue weighted by atomic mass is 9.89. The minimum absolute atomic E-state index is 0.0806. The van der Waals surface area contributed by atoms with E-state index in [0.29, 0.717) is 16.3 Å². The van der Waals surface area contributed by atoms with Gasteiger partial charge in [-0.2, -0.15) is 0 Å². The lowest BCUT2D eigenvalue weighted by Crippen LogP contribution is -2.34. The smallest absolute Gasteiger partial charge is 0.345 e. The van der Waals surface area contributed by atoms with Crippen molar-refractivity contribution < 1.29 is 9.53 Å².